The number of halogens is 1. The van der Waals surface area contributed by atoms with Crippen molar-refractivity contribution in [3.63, 3.8) is 0 Å². The van der Waals surface area contributed by atoms with Gasteiger partial charge in [-0.25, -0.2) is 4.79 Å². The van der Waals surface area contributed by atoms with Gasteiger partial charge in [-0.3, -0.25) is 9.69 Å². The van der Waals surface area contributed by atoms with E-state index in [-0.39, 0.29) is 17.2 Å². The van der Waals surface area contributed by atoms with Crippen molar-refractivity contribution < 1.29 is 29.3 Å². The van der Waals surface area contributed by atoms with Crippen molar-refractivity contribution in [1.82, 2.24) is 0 Å². The topological polar surface area (TPSA) is 96.3 Å². The van der Waals surface area contributed by atoms with E-state index >= 15 is 0 Å². The normalized spacial score (nSPS) is 14.3. The van der Waals surface area contributed by atoms with Crippen LogP contribution in [-0.2, 0) is 4.79 Å². The number of methoxy groups -OCH3 is 2. The minimum Gasteiger partial charge on any atom is -0.507 e. The summed E-state index contributed by atoms with van der Waals surface area (Å²) in [7, 11) is 3.07. The molecule has 0 saturated heterocycles. The summed E-state index contributed by atoms with van der Waals surface area (Å²) in [6.45, 7) is 0. The van der Waals surface area contributed by atoms with Crippen LogP contribution >= 0.6 is 11.6 Å². The van der Waals surface area contributed by atoms with E-state index in [1.54, 1.807) is 61.7 Å². The number of aromatic carboxylic acids is 1. The van der Waals surface area contributed by atoms with E-state index in [9.17, 15) is 19.8 Å². The van der Waals surface area contributed by atoms with Crippen LogP contribution in [0.3, 0.4) is 0 Å². The number of carbonyl (C=O) groups excluding carboxylic acids is 1. The molecule has 1 heterocycles. The van der Waals surface area contributed by atoms with Crippen LogP contribution in [0.2, 0.25) is 5.02 Å². The monoisotopic (exact) mass is 477 g/mol. The first-order valence-corrected chi connectivity index (χ1v) is 10.5. The number of phenols is 1. The number of carboxylic acids is 1. The van der Waals surface area contributed by atoms with E-state index in [1.165, 1.54) is 30.2 Å². The summed E-state index contributed by atoms with van der Waals surface area (Å²) >= 11 is 6.04. The highest BCUT2D eigenvalue weighted by atomic mass is 35.5. The summed E-state index contributed by atoms with van der Waals surface area (Å²) in [6, 6.07) is 16.2. The maximum absolute atomic E-state index is 13.5. The van der Waals surface area contributed by atoms with Gasteiger partial charge in [-0.1, -0.05) is 29.8 Å². The number of hydrogen-bond donors (Lipinski definition) is 2. The van der Waals surface area contributed by atoms with Crippen LogP contribution in [-0.4, -0.2) is 36.3 Å². The molecule has 34 heavy (non-hydrogen) atoms. The molecule has 0 fully saturated rings. The number of benzene rings is 3. The maximum Gasteiger partial charge on any atom is 0.339 e. The molecular formula is C26H20ClNO6. The average molecular weight is 478 g/mol. The van der Waals surface area contributed by atoms with E-state index in [0.29, 0.717) is 44.6 Å². The van der Waals surface area contributed by atoms with E-state index < -0.39 is 5.97 Å². The summed E-state index contributed by atoms with van der Waals surface area (Å²) < 4.78 is 10.6. The number of amides is 1. The van der Waals surface area contributed by atoms with Crippen molar-refractivity contribution in [2.45, 2.75) is 0 Å². The molecule has 0 spiro atoms. The lowest BCUT2D eigenvalue weighted by Gasteiger charge is -2.21. The smallest absolute Gasteiger partial charge is 0.339 e. The number of carbonyl (C=O) groups is 2. The van der Waals surface area contributed by atoms with Crippen LogP contribution in [0.4, 0.5) is 5.69 Å². The molecule has 2 N–H and O–H groups in total. The van der Waals surface area contributed by atoms with Crippen LogP contribution in [0.5, 0.6) is 17.2 Å². The van der Waals surface area contributed by atoms with E-state index in [4.69, 9.17) is 21.1 Å². The highest BCUT2D eigenvalue weighted by Gasteiger charge is 2.31. The molecule has 0 aliphatic carbocycles. The molecule has 0 atom stereocenters. The van der Waals surface area contributed by atoms with Crippen molar-refractivity contribution in [2.24, 2.45) is 0 Å². The van der Waals surface area contributed by atoms with Gasteiger partial charge in [0, 0.05) is 10.6 Å². The second-order valence-electron chi connectivity index (χ2n) is 7.40. The number of aromatic hydroxyl groups is 1. The molecule has 3 aromatic rings. The van der Waals surface area contributed by atoms with E-state index in [0.717, 1.165) is 0 Å². The van der Waals surface area contributed by atoms with Gasteiger partial charge >= 0.3 is 5.97 Å². The van der Waals surface area contributed by atoms with E-state index in [1.807, 2.05) is 0 Å². The highest BCUT2D eigenvalue weighted by Crippen LogP contribution is 2.38. The molecule has 1 amide bonds. The second-order valence-corrected chi connectivity index (χ2v) is 7.83. The third-order valence-electron chi connectivity index (χ3n) is 5.32. The lowest BCUT2D eigenvalue weighted by molar-refractivity contribution is -0.113. The zero-order valence-corrected chi connectivity index (χ0v) is 19.0. The maximum atomic E-state index is 13.5. The van der Waals surface area contributed by atoms with Crippen LogP contribution in [0.1, 0.15) is 21.5 Å². The Hall–Kier alpha value is -4.23. The Morgan fingerprint density at radius 1 is 0.971 bits per heavy atom. The lowest BCUT2D eigenvalue weighted by Crippen LogP contribution is -2.25. The van der Waals surface area contributed by atoms with Gasteiger partial charge in [0.15, 0.2) is 11.5 Å². The molecule has 0 bridgehead atoms. The Labute approximate surface area is 200 Å². The minimum atomic E-state index is -1.30. The van der Waals surface area contributed by atoms with E-state index in [2.05, 4.69) is 0 Å². The summed E-state index contributed by atoms with van der Waals surface area (Å²) in [4.78, 5) is 26.5. The quantitative estimate of drug-likeness (QED) is 0.472. The van der Waals surface area contributed by atoms with Gasteiger partial charge in [-0.15, -0.1) is 0 Å². The molecule has 3 aromatic carbocycles. The summed E-state index contributed by atoms with van der Waals surface area (Å²) in [6.07, 6.45) is 3.42. The molecule has 0 saturated carbocycles. The molecule has 1 aliphatic rings. The zero-order chi connectivity index (χ0) is 24.4. The van der Waals surface area contributed by atoms with Gasteiger partial charge < -0.3 is 19.7 Å². The molecule has 8 heteroatoms. The first-order valence-electron chi connectivity index (χ1n) is 10.1. The molecule has 0 radical (unpaired) electrons. The summed E-state index contributed by atoms with van der Waals surface area (Å²) in [5.41, 5.74) is 2.33. The largest absolute Gasteiger partial charge is 0.507 e. The van der Waals surface area contributed by atoms with Crippen molar-refractivity contribution in [2.75, 3.05) is 19.1 Å². The Kier molecular flexibility index (Phi) is 6.30. The van der Waals surface area contributed by atoms with Gasteiger partial charge in [-0.2, -0.15) is 0 Å². The first kappa shape index (κ1) is 22.9. The van der Waals surface area contributed by atoms with Crippen LogP contribution in [0.15, 0.2) is 72.3 Å². The molecule has 4 rings (SSSR count). The van der Waals surface area contributed by atoms with Gasteiger partial charge in [0.05, 0.1) is 25.6 Å². The number of ether oxygens (including phenoxy) is 2. The van der Waals surface area contributed by atoms with Gasteiger partial charge in [0.1, 0.15) is 11.3 Å². The Morgan fingerprint density at radius 3 is 2.32 bits per heavy atom. The first-order chi connectivity index (χ1) is 16.3. The Morgan fingerprint density at radius 2 is 1.68 bits per heavy atom. The standard InChI is InChI=1S/C26H20ClNO6/c1-33-23-10-3-15(12-24(23)34-2)11-17-13-21(16-4-6-18(27)7-5-16)28(25(17)30)19-8-9-22(29)20(14-19)26(31)32/h3-14,29H,1-2H3,(H,31,32)/b17-11+. The average Bonchev–Trinajstić information content (AvgIpc) is 3.15. The van der Waals surface area contributed by atoms with Crippen molar-refractivity contribution in [1.29, 1.82) is 0 Å². The Bertz CT molecular complexity index is 1340. The van der Waals surface area contributed by atoms with Gasteiger partial charge in [0.25, 0.3) is 5.91 Å². The molecule has 1 aliphatic heterocycles. The number of hydrogen-bond acceptors (Lipinski definition) is 5. The highest BCUT2D eigenvalue weighted by molar-refractivity contribution is 6.30. The number of carboxylic acid groups (broad SMARTS) is 1. The fourth-order valence-electron chi connectivity index (χ4n) is 3.66. The number of rotatable bonds is 6. The molecule has 172 valence electrons. The molecule has 0 unspecified atom stereocenters. The van der Waals surface area contributed by atoms with Gasteiger partial charge in [-0.05, 0) is 65.7 Å². The SMILES string of the molecule is COc1ccc(/C=C2\C=C(c3ccc(Cl)cc3)N(c3ccc(O)c(C(=O)O)c3)C2=O)cc1OC. The Balaban J connectivity index is 1.84. The van der Waals surface area contributed by atoms with Crippen LogP contribution in [0.25, 0.3) is 11.8 Å². The number of nitrogens with zero attached hydrogens (tertiary/aromatic N) is 1. The van der Waals surface area contributed by atoms with Crippen LogP contribution < -0.4 is 14.4 Å². The fraction of sp³-hybridized carbons (Fsp3) is 0.0769. The minimum absolute atomic E-state index is 0.303. The number of anilines is 1. The molecule has 7 nitrogen and oxygen atoms in total. The van der Waals surface area contributed by atoms with Crippen molar-refractivity contribution in [3.05, 3.63) is 94.0 Å². The fourth-order valence-corrected chi connectivity index (χ4v) is 3.79. The van der Waals surface area contributed by atoms with Crippen molar-refractivity contribution in [3.8, 4) is 17.2 Å². The zero-order valence-electron chi connectivity index (χ0n) is 18.3. The lowest BCUT2D eigenvalue weighted by atomic mass is 10.1. The predicted molar refractivity (Wildman–Crippen MR) is 130 cm³/mol. The third kappa shape index (κ3) is 4.33. The summed E-state index contributed by atoms with van der Waals surface area (Å²) in [5.74, 6) is -0.968. The van der Waals surface area contributed by atoms with Crippen molar-refractivity contribution >= 4 is 40.9 Å². The third-order valence-corrected chi connectivity index (χ3v) is 5.57. The van der Waals surface area contributed by atoms with Gasteiger partial charge in [0.2, 0.25) is 0 Å². The molecule has 0 aromatic heterocycles. The van der Waals surface area contributed by atoms with Crippen LogP contribution in [0, 0.1) is 0 Å². The molecular weight excluding hydrogens is 458 g/mol. The predicted octanol–water partition coefficient (Wildman–Crippen LogP) is 5.23. The second kappa shape index (κ2) is 9.33. The summed E-state index contributed by atoms with van der Waals surface area (Å²) in [5, 5.41) is 19.9.